The number of amides is 1. The van der Waals surface area contributed by atoms with Crippen LogP contribution in [-0.4, -0.2) is 26.7 Å². The number of rotatable bonds is 6. The standard InChI is InChI=1S/C23H21NO5S/c1-13-4-6-19-16(10-13)21-17(23(26)29-19)12-20(30-21)22(25)24-9-8-14-11-15(27-2)5-7-18(14)28-3/h4-7,10-12H,8-9H2,1-3H3,(H,24,25). The topological polar surface area (TPSA) is 77.8 Å². The highest BCUT2D eigenvalue weighted by Crippen LogP contribution is 2.31. The van der Waals surface area contributed by atoms with Crippen LogP contribution in [0.15, 0.2) is 51.7 Å². The molecule has 0 radical (unpaired) electrons. The molecule has 4 aromatic rings. The Kier molecular flexibility index (Phi) is 5.46. The zero-order chi connectivity index (χ0) is 21.3. The van der Waals surface area contributed by atoms with Gasteiger partial charge < -0.3 is 19.2 Å². The number of thiophene rings is 1. The molecule has 154 valence electrons. The van der Waals surface area contributed by atoms with Crippen molar-refractivity contribution in [3.8, 4) is 11.5 Å². The van der Waals surface area contributed by atoms with Gasteiger partial charge in [-0.25, -0.2) is 4.79 Å². The van der Waals surface area contributed by atoms with Crippen LogP contribution in [0.25, 0.3) is 21.1 Å². The third-order valence-corrected chi connectivity index (χ3v) is 6.09. The Morgan fingerprint density at radius 2 is 1.90 bits per heavy atom. The fourth-order valence-electron chi connectivity index (χ4n) is 3.39. The Morgan fingerprint density at radius 3 is 2.67 bits per heavy atom. The van der Waals surface area contributed by atoms with Gasteiger partial charge in [0.15, 0.2) is 0 Å². The Morgan fingerprint density at radius 1 is 1.07 bits per heavy atom. The van der Waals surface area contributed by atoms with Gasteiger partial charge in [-0.2, -0.15) is 0 Å². The minimum atomic E-state index is -0.433. The van der Waals surface area contributed by atoms with E-state index in [2.05, 4.69) is 5.32 Å². The molecule has 2 aromatic heterocycles. The number of nitrogens with one attached hydrogen (secondary N) is 1. The second-order valence-electron chi connectivity index (χ2n) is 6.93. The predicted octanol–water partition coefficient (Wildman–Crippen LogP) is 4.31. The third kappa shape index (κ3) is 3.76. The average molecular weight is 423 g/mol. The van der Waals surface area contributed by atoms with E-state index in [0.717, 1.165) is 32.7 Å². The summed E-state index contributed by atoms with van der Waals surface area (Å²) >= 11 is 1.30. The lowest BCUT2D eigenvalue weighted by molar-refractivity contribution is 0.0958. The first-order valence-corrected chi connectivity index (χ1v) is 10.3. The van der Waals surface area contributed by atoms with Gasteiger partial charge in [-0.1, -0.05) is 11.6 Å². The number of aryl methyl sites for hydroxylation is 1. The molecule has 0 bridgehead atoms. The molecule has 0 saturated carbocycles. The first-order valence-electron chi connectivity index (χ1n) is 9.46. The van der Waals surface area contributed by atoms with Crippen LogP contribution in [0.2, 0.25) is 0 Å². The summed E-state index contributed by atoms with van der Waals surface area (Å²) in [6.07, 6.45) is 0.585. The first-order chi connectivity index (χ1) is 14.5. The zero-order valence-corrected chi connectivity index (χ0v) is 17.7. The van der Waals surface area contributed by atoms with Crippen molar-refractivity contribution < 1.29 is 18.7 Å². The van der Waals surface area contributed by atoms with Crippen molar-refractivity contribution in [2.75, 3.05) is 20.8 Å². The van der Waals surface area contributed by atoms with E-state index in [-0.39, 0.29) is 5.91 Å². The van der Waals surface area contributed by atoms with E-state index < -0.39 is 5.63 Å². The van der Waals surface area contributed by atoms with Crippen molar-refractivity contribution in [1.82, 2.24) is 5.32 Å². The minimum Gasteiger partial charge on any atom is -0.497 e. The molecule has 0 spiro atoms. The summed E-state index contributed by atoms with van der Waals surface area (Å²) < 4.78 is 16.8. The van der Waals surface area contributed by atoms with E-state index in [4.69, 9.17) is 13.9 Å². The van der Waals surface area contributed by atoms with Crippen LogP contribution >= 0.6 is 11.3 Å². The number of benzene rings is 2. The number of hydrogen-bond acceptors (Lipinski definition) is 6. The molecule has 1 N–H and O–H groups in total. The van der Waals surface area contributed by atoms with Gasteiger partial charge in [0.05, 0.1) is 29.2 Å². The van der Waals surface area contributed by atoms with Crippen molar-refractivity contribution >= 4 is 38.3 Å². The maximum atomic E-state index is 12.7. The molecule has 4 rings (SSSR count). The number of methoxy groups -OCH3 is 2. The molecule has 2 heterocycles. The van der Waals surface area contributed by atoms with Crippen LogP contribution in [0.1, 0.15) is 20.8 Å². The summed E-state index contributed by atoms with van der Waals surface area (Å²) in [7, 11) is 3.22. The molecule has 0 atom stereocenters. The fourth-order valence-corrected chi connectivity index (χ4v) is 4.48. The van der Waals surface area contributed by atoms with E-state index in [1.165, 1.54) is 11.3 Å². The van der Waals surface area contributed by atoms with Crippen LogP contribution in [0.5, 0.6) is 11.5 Å². The summed E-state index contributed by atoms with van der Waals surface area (Å²) in [5.74, 6) is 1.25. The van der Waals surface area contributed by atoms with Crippen LogP contribution < -0.4 is 20.4 Å². The highest BCUT2D eigenvalue weighted by molar-refractivity contribution is 7.21. The van der Waals surface area contributed by atoms with E-state index in [9.17, 15) is 9.59 Å². The Hall–Kier alpha value is -3.32. The number of fused-ring (bicyclic) bond motifs is 3. The van der Waals surface area contributed by atoms with E-state index in [1.54, 1.807) is 26.4 Å². The molecule has 1 amide bonds. The normalized spacial score (nSPS) is 11.0. The Balaban J connectivity index is 1.56. The summed E-state index contributed by atoms with van der Waals surface area (Å²) in [6.45, 7) is 2.40. The van der Waals surface area contributed by atoms with Crippen LogP contribution in [0.3, 0.4) is 0 Å². The van der Waals surface area contributed by atoms with Crippen molar-refractivity contribution in [3.63, 3.8) is 0 Å². The summed E-state index contributed by atoms with van der Waals surface area (Å²) in [4.78, 5) is 25.5. The Labute approximate surface area is 177 Å². The number of ether oxygens (including phenoxy) is 2. The predicted molar refractivity (Wildman–Crippen MR) is 118 cm³/mol. The average Bonchev–Trinajstić information content (AvgIpc) is 3.21. The third-order valence-electron chi connectivity index (χ3n) is 4.93. The molecular formula is C23H21NO5S. The van der Waals surface area contributed by atoms with Gasteiger partial charge in [0.25, 0.3) is 5.91 Å². The molecule has 0 aliphatic heterocycles. The summed E-state index contributed by atoms with van der Waals surface area (Å²) in [6, 6.07) is 12.8. The van der Waals surface area contributed by atoms with Gasteiger partial charge in [-0.05, 0) is 55.3 Å². The van der Waals surface area contributed by atoms with Crippen molar-refractivity contribution in [3.05, 3.63) is 68.9 Å². The quantitative estimate of drug-likeness (QED) is 0.468. The number of carbonyl (C=O) groups is 1. The molecule has 0 saturated heterocycles. The van der Waals surface area contributed by atoms with Gasteiger partial charge in [-0.3, -0.25) is 4.79 Å². The number of hydrogen-bond donors (Lipinski definition) is 1. The van der Waals surface area contributed by atoms with Crippen molar-refractivity contribution in [1.29, 1.82) is 0 Å². The summed E-state index contributed by atoms with van der Waals surface area (Å²) in [5, 5.41) is 4.19. The van der Waals surface area contributed by atoms with Gasteiger partial charge in [0.2, 0.25) is 0 Å². The van der Waals surface area contributed by atoms with Crippen molar-refractivity contribution in [2.24, 2.45) is 0 Å². The van der Waals surface area contributed by atoms with Gasteiger partial charge in [-0.15, -0.1) is 11.3 Å². The molecule has 7 heteroatoms. The lowest BCUT2D eigenvalue weighted by Gasteiger charge is -2.10. The van der Waals surface area contributed by atoms with Crippen molar-refractivity contribution in [2.45, 2.75) is 13.3 Å². The molecule has 6 nitrogen and oxygen atoms in total. The first kappa shape index (κ1) is 20.0. The smallest absolute Gasteiger partial charge is 0.345 e. The lowest BCUT2D eigenvalue weighted by atomic mass is 10.1. The van der Waals surface area contributed by atoms with Crippen LogP contribution in [-0.2, 0) is 6.42 Å². The SMILES string of the molecule is COc1ccc(OC)c(CCNC(=O)c2cc3c(=O)oc4ccc(C)cc4c3s2)c1. The minimum absolute atomic E-state index is 0.224. The highest BCUT2D eigenvalue weighted by Gasteiger charge is 2.16. The highest BCUT2D eigenvalue weighted by atomic mass is 32.1. The molecule has 0 aliphatic carbocycles. The van der Waals surface area contributed by atoms with Crippen LogP contribution in [0.4, 0.5) is 0 Å². The van der Waals surface area contributed by atoms with Gasteiger partial charge >= 0.3 is 5.63 Å². The van der Waals surface area contributed by atoms with E-state index in [1.807, 2.05) is 37.3 Å². The monoisotopic (exact) mass is 423 g/mol. The van der Waals surface area contributed by atoms with Gasteiger partial charge in [0, 0.05) is 11.9 Å². The van der Waals surface area contributed by atoms with Crippen LogP contribution in [0, 0.1) is 6.92 Å². The Bertz CT molecular complexity index is 1300. The maximum Gasteiger partial charge on any atom is 0.345 e. The molecule has 30 heavy (non-hydrogen) atoms. The zero-order valence-electron chi connectivity index (χ0n) is 16.9. The second kappa shape index (κ2) is 8.20. The second-order valence-corrected chi connectivity index (χ2v) is 7.98. The maximum absolute atomic E-state index is 12.7. The lowest BCUT2D eigenvalue weighted by Crippen LogP contribution is -2.25. The molecule has 0 aliphatic rings. The molecule has 2 aromatic carbocycles. The summed E-state index contributed by atoms with van der Waals surface area (Å²) in [5.41, 5.74) is 2.09. The number of carbonyl (C=O) groups excluding carboxylic acids is 1. The van der Waals surface area contributed by atoms with E-state index in [0.29, 0.717) is 28.8 Å². The molecule has 0 fully saturated rings. The molecular weight excluding hydrogens is 402 g/mol. The van der Waals surface area contributed by atoms with E-state index >= 15 is 0 Å². The largest absolute Gasteiger partial charge is 0.497 e. The van der Waals surface area contributed by atoms with Gasteiger partial charge in [0.1, 0.15) is 17.1 Å². The molecule has 0 unspecified atom stereocenters. The fraction of sp³-hybridized carbons (Fsp3) is 0.217.